The second kappa shape index (κ2) is 5.82. The molecule has 2 heterocycles. The Balaban J connectivity index is 1.96. The number of benzene rings is 1. The Morgan fingerprint density at radius 2 is 2.00 bits per heavy atom. The zero-order valence-electron chi connectivity index (χ0n) is 12.3. The third-order valence-electron chi connectivity index (χ3n) is 3.71. The highest BCUT2D eigenvalue weighted by Crippen LogP contribution is 2.22. The van der Waals surface area contributed by atoms with Crippen LogP contribution in [0.15, 0.2) is 41.2 Å². The van der Waals surface area contributed by atoms with Crippen molar-refractivity contribution in [1.82, 2.24) is 9.55 Å². The SMILES string of the molecule is CCc1cc2c(=O)n(CCc3ccccc3)c(C)nc2s1. The minimum atomic E-state index is 0.0874. The lowest BCUT2D eigenvalue weighted by atomic mass is 10.1. The van der Waals surface area contributed by atoms with Crippen LogP contribution in [0.3, 0.4) is 0 Å². The smallest absolute Gasteiger partial charge is 0.262 e. The van der Waals surface area contributed by atoms with E-state index >= 15 is 0 Å². The number of aryl methyl sites for hydroxylation is 3. The summed E-state index contributed by atoms with van der Waals surface area (Å²) in [5.41, 5.74) is 1.33. The summed E-state index contributed by atoms with van der Waals surface area (Å²) in [5, 5.41) is 0.760. The van der Waals surface area contributed by atoms with Crippen molar-refractivity contribution in [2.24, 2.45) is 0 Å². The van der Waals surface area contributed by atoms with Gasteiger partial charge in [0, 0.05) is 11.4 Å². The molecule has 0 bridgehead atoms. The average Bonchev–Trinajstić information content (AvgIpc) is 2.91. The number of hydrogen-bond acceptors (Lipinski definition) is 3. The summed E-state index contributed by atoms with van der Waals surface area (Å²) in [6.07, 6.45) is 1.79. The molecular weight excluding hydrogens is 280 g/mol. The summed E-state index contributed by atoms with van der Waals surface area (Å²) in [5.74, 6) is 0.799. The van der Waals surface area contributed by atoms with Crippen LogP contribution in [-0.2, 0) is 19.4 Å². The lowest BCUT2D eigenvalue weighted by Gasteiger charge is -2.09. The zero-order valence-corrected chi connectivity index (χ0v) is 13.1. The van der Waals surface area contributed by atoms with Crippen molar-refractivity contribution in [2.75, 3.05) is 0 Å². The highest BCUT2D eigenvalue weighted by atomic mass is 32.1. The predicted octanol–water partition coefficient (Wildman–Crippen LogP) is 3.57. The topological polar surface area (TPSA) is 34.9 Å². The van der Waals surface area contributed by atoms with E-state index < -0.39 is 0 Å². The van der Waals surface area contributed by atoms with E-state index in [1.807, 2.05) is 31.2 Å². The van der Waals surface area contributed by atoms with E-state index in [1.54, 1.807) is 15.9 Å². The van der Waals surface area contributed by atoms with Gasteiger partial charge in [-0.3, -0.25) is 9.36 Å². The molecule has 2 aromatic heterocycles. The molecule has 3 aromatic rings. The number of aromatic nitrogens is 2. The van der Waals surface area contributed by atoms with E-state index in [4.69, 9.17) is 0 Å². The van der Waals surface area contributed by atoms with E-state index in [0.29, 0.717) is 6.54 Å². The van der Waals surface area contributed by atoms with Crippen molar-refractivity contribution in [1.29, 1.82) is 0 Å². The lowest BCUT2D eigenvalue weighted by molar-refractivity contribution is 0.639. The molecule has 21 heavy (non-hydrogen) atoms. The standard InChI is InChI=1S/C17H18N2OS/c1-3-14-11-15-16(21-14)18-12(2)19(17(15)20)10-9-13-7-5-4-6-8-13/h4-8,11H,3,9-10H2,1-2H3. The molecule has 0 atom stereocenters. The van der Waals surface area contributed by atoms with Gasteiger partial charge < -0.3 is 0 Å². The number of nitrogens with zero attached hydrogens (tertiary/aromatic N) is 2. The minimum absolute atomic E-state index is 0.0874. The van der Waals surface area contributed by atoms with Crippen LogP contribution in [0.4, 0.5) is 0 Å². The molecule has 0 N–H and O–H groups in total. The molecule has 108 valence electrons. The molecule has 0 saturated carbocycles. The van der Waals surface area contributed by atoms with Crippen molar-refractivity contribution >= 4 is 21.6 Å². The third-order valence-corrected chi connectivity index (χ3v) is 4.88. The normalized spacial score (nSPS) is 11.1. The van der Waals surface area contributed by atoms with Gasteiger partial charge in [0.25, 0.3) is 5.56 Å². The average molecular weight is 298 g/mol. The molecule has 3 rings (SSSR count). The van der Waals surface area contributed by atoms with Gasteiger partial charge in [0.05, 0.1) is 5.39 Å². The maximum absolute atomic E-state index is 12.6. The van der Waals surface area contributed by atoms with Gasteiger partial charge >= 0.3 is 0 Å². The van der Waals surface area contributed by atoms with Gasteiger partial charge in [-0.25, -0.2) is 4.98 Å². The Bertz CT molecular complexity index is 818. The molecule has 0 aliphatic rings. The molecule has 0 aliphatic heterocycles. The maximum atomic E-state index is 12.6. The molecular formula is C17H18N2OS. The van der Waals surface area contributed by atoms with Crippen molar-refractivity contribution in [2.45, 2.75) is 33.2 Å². The first-order valence-electron chi connectivity index (χ1n) is 7.23. The fourth-order valence-corrected chi connectivity index (χ4v) is 3.49. The molecule has 0 spiro atoms. The van der Waals surface area contributed by atoms with Gasteiger partial charge in [-0.2, -0.15) is 0 Å². The molecule has 0 saturated heterocycles. The van der Waals surface area contributed by atoms with E-state index in [1.165, 1.54) is 10.4 Å². The fraction of sp³-hybridized carbons (Fsp3) is 0.294. The monoisotopic (exact) mass is 298 g/mol. The van der Waals surface area contributed by atoms with E-state index in [-0.39, 0.29) is 5.56 Å². The summed E-state index contributed by atoms with van der Waals surface area (Å²) in [6.45, 7) is 4.69. The van der Waals surface area contributed by atoms with Crippen molar-refractivity contribution < 1.29 is 0 Å². The first-order chi connectivity index (χ1) is 10.2. The van der Waals surface area contributed by atoms with Gasteiger partial charge in [0.1, 0.15) is 10.7 Å². The Morgan fingerprint density at radius 1 is 1.24 bits per heavy atom. The number of rotatable bonds is 4. The van der Waals surface area contributed by atoms with Crippen LogP contribution in [0.2, 0.25) is 0 Å². The van der Waals surface area contributed by atoms with Crippen molar-refractivity contribution in [3.63, 3.8) is 0 Å². The molecule has 0 unspecified atom stereocenters. The quantitative estimate of drug-likeness (QED) is 0.738. The molecule has 0 aliphatic carbocycles. The van der Waals surface area contributed by atoms with Crippen LogP contribution < -0.4 is 5.56 Å². The van der Waals surface area contributed by atoms with Gasteiger partial charge in [0.15, 0.2) is 0 Å². The van der Waals surface area contributed by atoms with Crippen LogP contribution in [0.25, 0.3) is 10.2 Å². The molecule has 3 nitrogen and oxygen atoms in total. The number of thiophene rings is 1. The molecule has 0 amide bonds. The largest absolute Gasteiger partial charge is 0.296 e. The van der Waals surface area contributed by atoms with Gasteiger partial charge in [-0.15, -0.1) is 11.3 Å². The third kappa shape index (κ3) is 2.76. The highest BCUT2D eigenvalue weighted by molar-refractivity contribution is 7.18. The first kappa shape index (κ1) is 14.0. The highest BCUT2D eigenvalue weighted by Gasteiger charge is 2.11. The molecule has 1 aromatic carbocycles. The second-order valence-electron chi connectivity index (χ2n) is 5.14. The number of fused-ring (bicyclic) bond motifs is 1. The first-order valence-corrected chi connectivity index (χ1v) is 8.04. The lowest BCUT2D eigenvalue weighted by Crippen LogP contribution is -2.24. The second-order valence-corrected chi connectivity index (χ2v) is 6.25. The van der Waals surface area contributed by atoms with Crippen LogP contribution in [0.5, 0.6) is 0 Å². The fourth-order valence-electron chi connectivity index (χ4n) is 2.49. The van der Waals surface area contributed by atoms with Crippen LogP contribution in [0, 0.1) is 6.92 Å². The van der Waals surface area contributed by atoms with Gasteiger partial charge in [-0.1, -0.05) is 37.3 Å². The van der Waals surface area contributed by atoms with Crippen LogP contribution in [0.1, 0.15) is 23.2 Å². The predicted molar refractivity (Wildman–Crippen MR) is 88.1 cm³/mol. The Morgan fingerprint density at radius 3 is 2.71 bits per heavy atom. The summed E-state index contributed by atoms with van der Waals surface area (Å²) in [4.78, 5) is 19.3. The van der Waals surface area contributed by atoms with Gasteiger partial charge in [-0.05, 0) is 31.4 Å². The Kier molecular flexibility index (Phi) is 3.88. The van der Waals surface area contributed by atoms with Crippen molar-refractivity contribution in [3.8, 4) is 0 Å². The Labute approximate surface area is 127 Å². The Hall–Kier alpha value is -1.94. The van der Waals surface area contributed by atoms with Crippen LogP contribution >= 0.6 is 11.3 Å². The summed E-state index contributed by atoms with van der Waals surface area (Å²) in [7, 11) is 0. The van der Waals surface area contributed by atoms with E-state index in [2.05, 4.69) is 24.0 Å². The molecule has 0 fully saturated rings. The summed E-state index contributed by atoms with van der Waals surface area (Å²) >= 11 is 1.62. The zero-order chi connectivity index (χ0) is 14.8. The maximum Gasteiger partial charge on any atom is 0.262 e. The van der Waals surface area contributed by atoms with E-state index in [9.17, 15) is 4.79 Å². The van der Waals surface area contributed by atoms with Gasteiger partial charge in [0.2, 0.25) is 0 Å². The summed E-state index contributed by atoms with van der Waals surface area (Å²) < 4.78 is 1.79. The molecule has 4 heteroatoms. The number of hydrogen-bond donors (Lipinski definition) is 0. The van der Waals surface area contributed by atoms with E-state index in [0.717, 1.165) is 28.9 Å². The van der Waals surface area contributed by atoms with Crippen molar-refractivity contribution in [3.05, 3.63) is 63.0 Å². The molecule has 0 radical (unpaired) electrons. The summed E-state index contributed by atoms with van der Waals surface area (Å²) in [6, 6.07) is 12.2. The van der Waals surface area contributed by atoms with Crippen LogP contribution in [-0.4, -0.2) is 9.55 Å². The minimum Gasteiger partial charge on any atom is -0.296 e.